The number of halogens is 3. The second-order valence-corrected chi connectivity index (χ2v) is 10.6. The van der Waals surface area contributed by atoms with Crippen molar-refractivity contribution in [2.24, 2.45) is 0 Å². The van der Waals surface area contributed by atoms with Crippen LogP contribution in [-0.4, -0.2) is 37.0 Å². The summed E-state index contributed by atoms with van der Waals surface area (Å²) in [5, 5.41) is 0. The minimum absolute atomic E-state index is 0.0130. The maximum absolute atomic E-state index is 13.3. The number of furan rings is 1. The van der Waals surface area contributed by atoms with Gasteiger partial charge in [-0.2, -0.15) is 13.2 Å². The summed E-state index contributed by atoms with van der Waals surface area (Å²) in [5.41, 5.74) is 3.13. The van der Waals surface area contributed by atoms with Gasteiger partial charge in [-0.15, -0.1) is 0 Å². The van der Waals surface area contributed by atoms with Gasteiger partial charge in [0.15, 0.2) is 0 Å². The first kappa shape index (κ1) is 24.2. The molecule has 1 fully saturated rings. The van der Waals surface area contributed by atoms with Gasteiger partial charge in [0.05, 0.1) is 5.56 Å². The molecule has 1 aliphatic rings. The standard InChI is InChI=1S/C25H33F3N2O2/c1-16-12-20(21(32-16)25(26,27)28)22(31)30-10-8-29(9-11-30)19-14-17(23(2,3)4)13-18(15-19)24(5,6)7/h12-15H,8-11H2,1-7H3. The zero-order valence-corrected chi connectivity index (χ0v) is 20.0. The minimum Gasteiger partial charge on any atom is -0.456 e. The Bertz CT molecular complexity index is 954. The number of aryl methyl sites for hydroxylation is 1. The van der Waals surface area contributed by atoms with Gasteiger partial charge in [-0.25, -0.2) is 0 Å². The van der Waals surface area contributed by atoms with Crippen molar-refractivity contribution in [2.45, 2.75) is 65.5 Å². The molecule has 0 atom stereocenters. The van der Waals surface area contributed by atoms with Crippen molar-refractivity contribution >= 4 is 11.6 Å². The van der Waals surface area contributed by atoms with Crippen LogP contribution in [0.2, 0.25) is 0 Å². The molecule has 0 bridgehead atoms. The fourth-order valence-electron chi connectivity index (χ4n) is 3.88. The van der Waals surface area contributed by atoms with Crippen LogP contribution in [0.25, 0.3) is 0 Å². The number of hydrogen-bond acceptors (Lipinski definition) is 3. The van der Waals surface area contributed by atoms with Crippen LogP contribution < -0.4 is 4.90 Å². The van der Waals surface area contributed by atoms with Crippen molar-refractivity contribution in [3.63, 3.8) is 0 Å². The SMILES string of the molecule is Cc1cc(C(=O)N2CCN(c3cc(C(C)(C)C)cc(C(C)(C)C)c3)CC2)c(C(F)(F)F)o1. The van der Waals surface area contributed by atoms with Gasteiger partial charge in [-0.3, -0.25) is 4.79 Å². The molecule has 1 aromatic carbocycles. The second kappa shape index (κ2) is 8.16. The Balaban J connectivity index is 1.81. The highest BCUT2D eigenvalue weighted by atomic mass is 19.4. The van der Waals surface area contributed by atoms with Crippen molar-refractivity contribution in [2.75, 3.05) is 31.1 Å². The summed E-state index contributed by atoms with van der Waals surface area (Å²) >= 11 is 0. The molecule has 1 aromatic heterocycles. The van der Waals surface area contributed by atoms with Gasteiger partial charge in [-0.1, -0.05) is 47.6 Å². The number of rotatable bonds is 2. The third-order valence-corrected chi connectivity index (χ3v) is 5.93. The molecule has 0 spiro atoms. The van der Waals surface area contributed by atoms with Crippen molar-refractivity contribution in [3.8, 4) is 0 Å². The molecule has 0 aliphatic carbocycles. The molecule has 1 aliphatic heterocycles. The molecule has 4 nitrogen and oxygen atoms in total. The van der Waals surface area contributed by atoms with E-state index in [-0.39, 0.29) is 16.6 Å². The van der Waals surface area contributed by atoms with Crippen molar-refractivity contribution in [1.29, 1.82) is 0 Å². The van der Waals surface area contributed by atoms with Gasteiger partial charge in [-0.05, 0) is 47.1 Å². The lowest BCUT2D eigenvalue weighted by Crippen LogP contribution is -2.49. The second-order valence-electron chi connectivity index (χ2n) is 10.6. The summed E-state index contributed by atoms with van der Waals surface area (Å²) in [6.45, 7) is 16.3. The Hall–Kier alpha value is -2.44. The van der Waals surface area contributed by atoms with E-state index >= 15 is 0 Å². The van der Waals surface area contributed by atoms with E-state index in [2.05, 4.69) is 64.6 Å². The number of piperazine rings is 1. The first-order chi connectivity index (χ1) is 14.6. The lowest BCUT2D eigenvalue weighted by atomic mass is 9.80. The predicted molar refractivity (Wildman–Crippen MR) is 120 cm³/mol. The lowest BCUT2D eigenvalue weighted by molar-refractivity contribution is -0.153. The average molecular weight is 451 g/mol. The van der Waals surface area contributed by atoms with Crippen LogP contribution >= 0.6 is 0 Å². The monoisotopic (exact) mass is 450 g/mol. The van der Waals surface area contributed by atoms with Crippen LogP contribution in [0.4, 0.5) is 18.9 Å². The van der Waals surface area contributed by atoms with E-state index in [9.17, 15) is 18.0 Å². The van der Waals surface area contributed by atoms with Gasteiger partial charge in [0, 0.05) is 31.9 Å². The largest absolute Gasteiger partial charge is 0.456 e. The van der Waals surface area contributed by atoms with Crippen LogP contribution in [0.1, 0.15) is 74.5 Å². The predicted octanol–water partition coefficient (Wildman–Crippen LogP) is 6.16. The summed E-state index contributed by atoms with van der Waals surface area (Å²) in [5.74, 6) is -1.77. The van der Waals surface area contributed by atoms with Gasteiger partial charge < -0.3 is 14.2 Å². The fourth-order valence-corrected chi connectivity index (χ4v) is 3.88. The van der Waals surface area contributed by atoms with Crippen molar-refractivity contribution < 1.29 is 22.4 Å². The van der Waals surface area contributed by atoms with Crippen LogP contribution in [0.15, 0.2) is 28.7 Å². The van der Waals surface area contributed by atoms with E-state index in [4.69, 9.17) is 4.42 Å². The third-order valence-electron chi connectivity index (χ3n) is 5.93. The Labute approximate surface area is 188 Å². The van der Waals surface area contributed by atoms with Crippen LogP contribution in [0.5, 0.6) is 0 Å². The van der Waals surface area contributed by atoms with E-state index in [1.54, 1.807) is 0 Å². The average Bonchev–Trinajstić information content (AvgIpc) is 3.08. The Kier molecular flexibility index (Phi) is 6.17. The maximum Gasteiger partial charge on any atom is 0.450 e. The lowest BCUT2D eigenvalue weighted by Gasteiger charge is -2.37. The van der Waals surface area contributed by atoms with Crippen LogP contribution in [0, 0.1) is 6.92 Å². The first-order valence-corrected chi connectivity index (χ1v) is 11.0. The van der Waals surface area contributed by atoms with Crippen LogP contribution in [0.3, 0.4) is 0 Å². The van der Waals surface area contributed by atoms with Crippen molar-refractivity contribution in [1.82, 2.24) is 4.90 Å². The quantitative estimate of drug-likeness (QED) is 0.550. The molecule has 32 heavy (non-hydrogen) atoms. The number of hydrogen-bond donors (Lipinski definition) is 0. The molecule has 2 aromatic rings. The topological polar surface area (TPSA) is 36.7 Å². The van der Waals surface area contributed by atoms with Gasteiger partial charge in [0.1, 0.15) is 5.76 Å². The molecule has 1 amide bonds. The van der Waals surface area contributed by atoms with E-state index in [1.807, 2.05) is 0 Å². The van der Waals surface area contributed by atoms with E-state index in [0.29, 0.717) is 26.2 Å². The molecule has 3 rings (SSSR count). The highest BCUT2D eigenvalue weighted by Gasteiger charge is 2.41. The Morgan fingerprint density at radius 2 is 1.34 bits per heavy atom. The number of benzene rings is 1. The van der Waals surface area contributed by atoms with Crippen molar-refractivity contribution in [3.05, 3.63) is 52.5 Å². The molecule has 1 saturated heterocycles. The number of carbonyl (C=O) groups is 1. The molecule has 2 heterocycles. The summed E-state index contributed by atoms with van der Waals surface area (Å²) in [6.07, 6.45) is -4.70. The smallest absolute Gasteiger partial charge is 0.450 e. The Morgan fingerprint density at radius 1 is 0.844 bits per heavy atom. The van der Waals surface area contributed by atoms with Gasteiger partial charge >= 0.3 is 6.18 Å². The summed E-state index contributed by atoms with van der Waals surface area (Å²) < 4.78 is 44.6. The molecular formula is C25H33F3N2O2. The molecule has 0 N–H and O–H groups in total. The number of alkyl halides is 3. The van der Waals surface area contributed by atoms with E-state index < -0.39 is 23.4 Å². The molecular weight excluding hydrogens is 417 g/mol. The number of nitrogens with zero attached hydrogens (tertiary/aromatic N) is 2. The molecule has 0 radical (unpaired) electrons. The zero-order valence-electron chi connectivity index (χ0n) is 20.0. The Morgan fingerprint density at radius 3 is 1.78 bits per heavy atom. The molecule has 0 saturated carbocycles. The first-order valence-electron chi connectivity index (χ1n) is 11.0. The maximum atomic E-state index is 13.3. The number of anilines is 1. The van der Waals surface area contributed by atoms with Crippen LogP contribution in [-0.2, 0) is 17.0 Å². The number of carbonyl (C=O) groups excluding carboxylic acids is 1. The number of amides is 1. The highest BCUT2D eigenvalue weighted by molar-refractivity contribution is 5.95. The van der Waals surface area contributed by atoms with E-state index in [1.165, 1.54) is 29.0 Å². The summed E-state index contributed by atoms with van der Waals surface area (Å²) in [7, 11) is 0. The minimum atomic E-state index is -4.70. The van der Waals surface area contributed by atoms with E-state index in [0.717, 1.165) is 5.69 Å². The summed E-state index contributed by atoms with van der Waals surface area (Å²) in [4.78, 5) is 16.5. The zero-order chi connectivity index (χ0) is 24.1. The molecule has 7 heteroatoms. The third kappa shape index (κ3) is 5.13. The highest BCUT2D eigenvalue weighted by Crippen LogP contribution is 2.36. The fraction of sp³-hybridized carbons (Fsp3) is 0.560. The van der Waals surface area contributed by atoms with Gasteiger partial charge in [0.25, 0.3) is 5.91 Å². The normalized spacial score (nSPS) is 15.9. The van der Waals surface area contributed by atoms with Gasteiger partial charge in [0.2, 0.25) is 5.76 Å². The molecule has 0 unspecified atom stereocenters. The summed E-state index contributed by atoms with van der Waals surface area (Å²) in [6, 6.07) is 7.81. The molecule has 176 valence electrons.